The first kappa shape index (κ1) is 41.4. The van der Waals surface area contributed by atoms with E-state index in [9.17, 15) is 18.0 Å². The fourth-order valence-electron chi connectivity index (χ4n) is 6.71. The maximum atomic E-state index is 13.8. The predicted molar refractivity (Wildman–Crippen MR) is 191 cm³/mol. The maximum Gasteiger partial charge on any atom is 0.437 e. The molecule has 3 amide bonds. The Labute approximate surface area is 299 Å². The second-order valence-corrected chi connectivity index (χ2v) is 16.7. The molecule has 3 rings (SSSR count). The Balaban J connectivity index is 1.71. The first-order valence-corrected chi connectivity index (χ1v) is 20.7. The number of amides is 3. The van der Waals surface area contributed by atoms with Crippen molar-refractivity contribution in [3.63, 3.8) is 0 Å². The van der Waals surface area contributed by atoms with Crippen molar-refractivity contribution in [2.75, 3.05) is 19.6 Å². The van der Waals surface area contributed by atoms with Crippen LogP contribution in [0.4, 0.5) is 9.59 Å². The molecule has 0 aromatic carbocycles. The van der Waals surface area contributed by atoms with Gasteiger partial charge in [-0.3, -0.25) is 0 Å². The Hall–Kier alpha value is -2.07. The van der Waals surface area contributed by atoms with Crippen molar-refractivity contribution in [3.8, 4) is 0 Å². The summed E-state index contributed by atoms with van der Waals surface area (Å²) in [6, 6.07) is -0.897. The fraction of sp³-hybridized carbons (Fsp3) is 0.882. The molecule has 13 nitrogen and oxygen atoms in total. The normalized spacial score (nSPS) is 20.8. The first-order chi connectivity index (χ1) is 23.2. The van der Waals surface area contributed by atoms with Crippen LogP contribution in [0.5, 0.6) is 0 Å². The quantitative estimate of drug-likeness (QED) is 0.131. The Morgan fingerprint density at radius 2 is 1.59 bits per heavy atom. The molecule has 2 heterocycles. The first-order valence-electron chi connectivity index (χ1n) is 18.5. The lowest BCUT2D eigenvalue weighted by molar-refractivity contribution is -0.171. The predicted octanol–water partition coefficient (Wildman–Crippen LogP) is 8.02. The summed E-state index contributed by atoms with van der Waals surface area (Å²) in [7, 11) is -4.61. The molecule has 282 valence electrons. The Kier molecular flexibility index (Phi) is 16.0. The van der Waals surface area contributed by atoms with Crippen molar-refractivity contribution in [1.29, 1.82) is 0 Å². The molecule has 1 aliphatic carbocycles. The standard InChI is InChI=1S/C34H62N6O7S2/c1-9-14-20-34(19-12-4,21-15-10-2)40(23-16-11-3)47-49(43,44)46-39-22-17-18-28(38(13-5)32(39)42)30-37-36-29(48-30)26-24-27(25-26)35-31(41)45-33(6,7)8/h26-28H,9-25H2,1-8H3,(H,35,41)/t26-,27+,28-/m0/s1. The average Bonchev–Trinajstić information content (AvgIpc) is 3.43. The van der Waals surface area contributed by atoms with Crippen LogP contribution in [0.15, 0.2) is 0 Å². The largest absolute Gasteiger partial charge is 0.444 e. The number of carbonyl (C=O) groups is 2. The number of hydrogen-bond acceptors (Lipinski definition) is 11. The average molecular weight is 731 g/mol. The molecule has 1 aromatic heterocycles. The number of hydrogen-bond donors (Lipinski definition) is 1. The lowest BCUT2D eigenvalue weighted by Crippen LogP contribution is -2.51. The number of aromatic nitrogens is 2. The van der Waals surface area contributed by atoms with Crippen molar-refractivity contribution in [2.45, 2.75) is 174 Å². The van der Waals surface area contributed by atoms with Crippen LogP contribution < -0.4 is 5.32 Å². The number of hydroxylamine groups is 4. The maximum absolute atomic E-state index is 13.8. The van der Waals surface area contributed by atoms with E-state index < -0.39 is 33.7 Å². The summed E-state index contributed by atoms with van der Waals surface area (Å²) < 4.78 is 43.9. The minimum absolute atomic E-state index is 0.0111. The molecular weight excluding hydrogens is 669 g/mol. The number of urea groups is 1. The van der Waals surface area contributed by atoms with E-state index in [-0.39, 0.29) is 24.5 Å². The zero-order chi connectivity index (χ0) is 36.2. The summed E-state index contributed by atoms with van der Waals surface area (Å²) in [4.78, 5) is 27.6. The van der Waals surface area contributed by atoms with Gasteiger partial charge in [0.2, 0.25) is 0 Å². The Morgan fingerprint density at radius 1 is 0.959 bits per heavy atom. The van der Waals surface area contributed by atoms with Gasteiger partial charge >= 0.3 is 22.5 Å². The van der Waals surface area contributed by atoms with Gasteiger partial charge in [0, 0.05) is 30.6 Å². The van der Waals surface area contributed by atoms with Crippen molar-refractivity contribution in [1.82, 2.24) is 30.5 Å². The molecule has 1 atom stereocenters. The fourth-order valence-corrected chi connectivity index (χ4v) is 8.67. The van der Waals surface area contributed by atoms with E-state index in [1.807, 2.05) is 27.7 Å². The van der Waals surface area contributed by atoms with Gasteiger partial charge in [-0.2, -0.15) is 22.8 Å². The molecule has 0 bridgehead atoms. The van der Waals surface area contributed by atoms with E-state index in [4.69, 9.17) is 13.3 Å². The Bertz CT molecular complexity index is 1270. The summed E-state index contributed by atoms with van der Waals surface area (Å²) in [5.41, 5.74) is -0.990. The highest BCUT2D eigenvalue weighted by atomic mass is 32.3. The van der Waals surface area contributed by atoms with Gasteiger partial charge < -0.3 is 15.0 Å². The third kappa shape index (κ3) is 12.0. The SMILES string of the molecule is CCCCN(OS(=O)(=O)ON1CCC[C@@H](c2nnc([C@H]3C[C@@H](NC(=O)OC(C)(C)C)C3)s2)N(CC)C1=O)C(CCC)(CCCC)CCCC. The lowest BCUT2D eigenvalue weighted by atomic mass is 9.81. The molecule has 1 N–H and O–H groups in total. The van der Waals surface area contributed by atoms with Crippen molar-refractivity contribution in [3.05, 3.63) is 10.0 Å². The van der Waals surface area contributed by atoms with E-state index in [1.165, 1.54) is 11.3 Å². The number of unbranched alkanes of at least 4 members (excludes halogenated alkanes) is 3. The van der Waals surface area contributed by atoms with Crippen LogP contribution >= 0.6 is 11.3 Å². The summed E-state index contributed by atoms with van der Waals surface area (Å²) in [5, 5.41) is 16.0. The zero-order valence-corrected chi connectivity index (χ0v) is 32.8. The van der Waals surface area contributed by atoms with Gasteiger partial charge in [0.1, 0.15) is 15.6 Å². The van der Waals surface area contributed by atoms with Crippen LogP contribution in [0.25, 0.3) is 0 Å². The van der Waals surface area contributed by atoms with Crippen LogP contribution in [0.1, 0.15) is 167 Å². The number of nitrogens with zero attached hydrogens (tertiary/aromatic N) is 5. The monoisotopic (exact) mass is 730 g/mol. The topological polar surface area (TPSA) is 144 Å². The van der Waals surface area contributed by atoms with Gasteiger partial charge in [0.15, 0.2) is 0 Å². The van der Waals surface area contributed by atoms with Crippen LogP contribution in [-0.2, 0) is 23.7 Å². The smallest absolute Gasteiger partial charge is 0.437 e. The molecule has 0 unspecified atom stereocenters. The van der Waals surface area contributed by atoms with Gasteiger partial charge in [-0.1, -0.05) is 77.6 Å². The highest BCUT2D eigenvalue weighted by molar-refractivity contribution is 7.81. The molecule has 15 heteroatoms. The molecule has 2 fully saturated rings. The molecule has 0 spiro atoms. The van der Waals surface area contributed by atoms with Crippen molar-refractivity contribution < 1.29 is 31.3 Å². The van der Waals surface area contributed by atoms with Crippen LogP contribution in [0, 0.1) is 0 Å². The van der Waals surface area contributed by atoms with Gasteiger partial charge in [0.05, 0.1) is 12.6 Å². The zero-order valence-electron chi connectivity index (χ0n) is 31.2. The molecule has 1 saturated heterocycles. The lowest BCUT2D eigenvalue weighted by Gasteiger charge is -2.43. The molecule has 1 aliphatic heterocycles. The number of rotatable bonds is 20. The number of ether oxygens (including phenoxy) is 1. The summed E-state index contributed by atoms with van der Waals surface area (Å²) >= 11 is 1.47. The van der Waals surface area contributed by atoms with E-state index >= 15 is 0 Å². The van der Waals surface area contributed by atoms with Crippen LogP contribution in [0.3, 0.4) is 0 Å². The van der Waals surface area contributed by atoms with Crippen molar-refractivity contribution in [2.24, 2.45) is 0 Å². The molecule has 49 heavy (non-hydrogen) atoms. The van der Waals surface area contributed by atoms with Gasteiger partial charge in [-0.05, 0) is 79.1 Å². The number of carbonyl (C=O) groups excluding carboxylic acids is 2. The highest BCUT2D eigenvalue weighted by Crippen LogP contribution is 2.41. The number of nitrogens with one attached hydrogen (secondary N) is 1. The van der Waals surface area contributed by atoms with Crippen LogP contribution in [0.2, 0.25) is 0 Å². The van der Waals surface area contributed by atoms with Gasteiger partial charge in [-0.25, -0.2) is 9.59 Å². The van der Waals surface area contributed by atoms with Gasteiger partial charge in [0.25, 0.3) is 0 Å². The van der Waals surface area contributed by atoms with E-state index in [1.54, 1.807) is 9.96 Å². The summed E-state index contributed by atoms with van der Waals surface area (Å²) in [5.74, 6) is 0.162. The minimum atomic E-state index is -4.61. The van der Waals surface area contributed by atoms with E-state index in [0.717, 1.165) is 87.1 Å². The van der Waals surface area contributed by atoms with E-state index in [0.29, 0.717) is 30.9 Å². The number of alkyl carbamates (subject to hydrolysis) is 1. The molecule has 2 aliphatic rings. The molecule has 0 radical (unpaired) electrons. The minimum Gasteiger partial charge on any atom is -0.444 e. The van der Waals surface area contributed by atoms with Crippen LogP contribution in [-0.4, -0.2) is 82.6 Å². The van der Waals surface area contributed by atoms with Crippen molar-refractivity contribution >= 4 is 33.9 Å². The third-order valence-corrected chi connectivity index (χ3v) is 11.2. The molecule has 1 aromatic rings. The highest BCUT2D eigenvalue weighted by Gasteiger charge is 2.42. The molecule has 1 saturated carbocycles. The summed E-state index contributed by atoms with van der Waals surface area (Å²) in [6.07, 6.45) is 11.1. The summed E-state index contributed by atoms with van der Waals surface area (Å²) in [6.45, 7) is 16.7. The third-order valence-electron chi connectivity index (χ3n) is 9.28. The van der Waals surface area contributed by atoms with Gasteiger partial charge in [-0.15, -0.1) is 14.5 Å². The Morgan fingerprint density at radius 3 is 2.16 bits per heavy atom. The van der Waals surface area contributed by atoms with E-state index in [2.05, 4.69) is 43.2 Å². The second kappa shape index (κ2) is 19.0. The molecular formula is C34H62N6O7S2. The second-order valence-electron chi connectivity index (χ2n) is 14.5.